The molecule has 0 aliphatic carbocycles. The summed E-state index contributed by atoms with van der Waals surface area (Å²) in [6.45, 7) is 1.96. The van der Waals surface area contributed by atoms with Crippen LogP contribution in [0.25, 0.3) is 0 Å². The highest BCUT2D eigenvalue weighted by molar-refractivity contribution is 7.90. The third-order valence-electron chi connectivity index (χ3n) is 4.68. The predicted molar refractivity (Wildman–Crippen MR) is 99.1 cm³/mol. The minimum Gasteiger partial charge on any atom is -0.345 e. The number of carbonyl (C=O) groups is 1. The Hall–Kier alpha value is -2.70. The van der Waals surface area contributed by atoms with Crippen molar-refractivity contribution in [3.05, 3.63) is 47.0 Å². The van der Waals surface area contributed by atoms with Crippen molar-refractivity contribution in [2.45, 2.75) is 37.1 Å². The first-order chi connectivity index (χ1) is 12.8. The zero-order chi connectivity index (χ0) is 19.8. The number of benzene rings is 1. The van der Waals surface area contributed by atoms with Crippen LogP contribution in [0.2, 0.25) is 0 Å². The number of hydrogen-bond acceptors (Lipinski definition) is 4. The van der Waals surface area contributed by atoms with E-state index in [9.17, 15) is 13.4 Å². The maximum absolute atomic E-state index is 13.5. The van der Waals surface area contributed by atoms with E-state index in [0.717, 1.165) is 12.5 Å². The van der Waals surface area contributed by atoms with E-state index in [4.69, 9.17) is 10.0 Å². The summed E-state index contributed by atoms with van der Waals surface area (Å²) in [5, 5.41) is 11.6. The van der Waals surface area contributed by atoms with Gasteiger partial charge in [-0.1, -0.05) is 6.92 Å². The van der Waals surface area contributed by atoms with Crippen LogP contribution in [0.3, 0.4) is 0 Å². The fourth-order valence-corrected chi connectivity index (χ4v) is 5.01. The number of aryl methyl sites for hydroxylation is 1. The molecule has 0 saturated carbocycles. The fraction of sp³-hybridized carbons (Fsp3) is 0.333. The highest BCUT2D eigenvalue weighted by Crippen LogP contribution is 2.29. The Morgan fingerprint density at radius 2 is 2.30 bits per heavy atom. The Morgan fingerprint density at radius 1 is 1.56 bits per heavy atom. The van der Waals surface area contributed by atoms with Gasteiger partial charge in [0.05, 0.1) is 10.5 Å². The predicted octanol–water partition coefficient (Wildman–Crippen LogP) is 2.92. The molecule has 0 radical (unpaired) electrons. The molecule has 7 nitrogen and oxygen atoms in total. The molecule has 27 heavy (non-hydrogen) atoms. The van der Waals surface area contributed by atoms with Crippen molar-refractivity contribution < 1.29 is 13.4 Å². The van der Waals surface area contributed by atoms with Crippen molar-refractivity contribution in [2.24, 2.45) is 7.05 Å². The fourth-order valence-electron chi connectivity index (χ4n) is 3.28. The average Bonchev–Trinajstić information content (AvgIpc) is 2.91. The second kappa shape index (κ2) is 7.13. The quantitative estimate of drug-likeness (QED) is 0.750. The zero-order valence-corrected chi connectivity index (χ0v) is 15.8. The van der Waals surface area contributed by atoms with Crippen molar-refractivity contribution in [1.29, 1.82) is 10.0 Å². The number of anilines is 1. The molecule has 0 bridgehead atoms. The summed E-state index contributed by atoms with van der Waals surface area (Å²) in [5.74, 6) is -1.12. The molecule has 2 atom stereocenters. The van der Waals surface area contributed by atoms with E-state index < -0.39 is 21.6 Å². The lowest BCUT2D eigenvalue weighted by molar-refractivity contribution is 0.101. The largest absolute Gasteiger partial charge is 0.345 e. The first-order valence-corrected chi connectivity index (χ1v) is 10.1. The summed E-state index contributed by atoms with van der Waals surface area (Å²) in [4.78, 5) is 13.2. The molecule has 1 unspecified atom stereocenters. The van der Waals surface area contributed by atoms with Gasteiger partial charge in [0, 0.05) is 30.5 Å². The van der Waals surface area contributed by atoms with Crippen LogP contribution >= 0.6 is 0 Å². The number of hydrogen-bond donors (Lipinski definition) is 3. The second-order valence-electron chi connectivity index (χ2n) is 6.51. The van der Waals surface area contributed by atoms with E-state index >= 15 is 0 Å². The van der Waals surface area contributed by atoms with E-state index in [2.05, 4.69) is 10.0 Å². The van der Waals surface area contributed by atoms with Crippen molar-refractivity contribution in [3.63, 3.8) is 0 Å². The van der Waals surface area contributed by atoms with Crippen molar-refractivity contribution in [3.8, 4) is 6.07 Å². The van der Waals surface area contributed by atoms with E-state index in [1.165, 1.54) is 12.1 Å². The summed E-state index contributed by atoms with van der Waals surface area (Å²) in [6.07, 6.45) is 3.47. The van der Waals surface area contributed by atoms with Crippen LogP contribution in [0.15, 0.2) is 29.3 Å². The summed E-state index contributed by atoms with van der Waals surface area (Å²) in [6, 6.07) is 5.43. The lowest BCUT2D eigenvalue weighted by Crippen LogP contribution is -2.32. The van der Waals surface area contributed by atoms with Gasteiger partial charge in [-0.3, -0.25) is 4.79 Å². The molecule has 0 spiro atoms. The smallest absolute Gasteiger partial charge is 0.272 e. The minimum atomic E-state index is -3.21. The number of nitriles is 1. The molecule has 1 aromatic heterocycles. The van der Waals surface area contributed by atoms with Crippen LogP contribution in [-0.4, -0.2) is 20.7 Å². The maximum Gasteiger partial charge on any atom is 0.272 e. The standard InChI is InChI=1S/C18H20FN5O2S/c1-3-12-4-6-14-16(27(21,26)23-12)10-24(2)17(14)18(25)22-13-5-7-15(19)11(8-13)9-20/h5,7-8,10,12H,3-4,6H2,1-2H3,(H,22,25)(H2,21,23,26)/t12-,27?/m1/s1. The van der Waals surface area contributed by atoms with Gasteiger partial charge in [-0.15, -0.1) is 0 Å². The Balaban J connectivity index is 1.98. The minimum absolute atomic E-state index is 0.0566. The molecule has 1 aromatic carbocycles. The number of rotatable bonds is 3. The third kappa shape index (κ3) is 3.59. The summed E-state index contributed by atoms with van der Waals surface area (Å²) in [5.41, 5.74) is 1.02. The van der Waals surface area contributed by atoms with Crippen LogP contribution in [0.1, 0.15) is 41.4 Å². The van der Waals surface area contributed by atoms with Crippen molar-refractivity contribution in [1.82, 2.24) is 9.29 Å². The molecule has 1 aliphatic heterocycles. The van der Waals surface area contributed by atoms with Gasteiger partial charge in [0.1, 0.15) is 27.5 Å². The van der Waals surface area contributed by atoms with E-state index in [0.29, 0.717) is 29.0 Å². The normalized spacial score (nSPS) is 21.8. The number of aromatic nitrogens is 1. The molecule has 0 saturated heterocycles. The summed E-state index contributed by atoms with van der Waals surface area (Å²) in [7, 11) is -1.55. The average molecular weight is 389 g/mol. The Kier molecular flexibility index (Phi) is 5.04. The second-order valence-corrected chi connectivity index (χ2v) is 8.30. The molecular weight excluding hydrogens is 369 g/mol. The van der Waals surface area contributed by atoms with Gasteiger partial charge < -0.3 is 9.88 Å². The lowest BCUT2D eigenvalue weighted by Gasteiger charge is -2.14. The third-order valence-corrected chi connectivity index (χ3v) is 6.32. The van der Waals surface area contributed by atoms with E-state index in [1.54, 1.807) is 23.9 Å². The molecule has 3 rings (SSSR count). The SMILES string of the molecule is CC[C@@H]1CCc2c(cn(C)c2C(=O)Nc2ccc(F)c(C#N)c2)S(=N)(=O)N1. The number of nitrogens with one attached hydrogen (secondary N) is 3. The molecule has 2 heterocycles. The Morgan fingerprint density at radius 3 is 2.96 bits per heavy atom. The van der Waals surface area contributed by atoms with Crippen LogP contribution < -0.4 is 10.0 Å². The molecule has 2 aromatic rings. The first kappa shape index (κ1) is 19.1. The van der Waals surface area contributed by atoms with Crippen molar-refractivity contribution in [2.75, 3.05) is 5.32 Å². The number of carbonyl (C=O) groups excluding carboxylic acids is 1. The van der Waals surface area contributed by atoms with Crippen LogP contribution in [-0.2, 0) is 23.4 Å². The number of amides is 1. The Labute approximate surface area is 157 Å². The number of nitrogens with zero attached hydrogens (tertiary/aromatic N) is 2. The summed E-state index contributed by atoms with van der Waals surface area (Å²) >= 11 is 0. The van der Waals surface area contributed by atoms with Crippen LogP contribution in [0, 0.1) is 21.9 Å². The molecule has 3 N–H and O–H groups in total. The highest BCUT2D eigenvalue weighted by Gasteiger charge is 2.30. The van der Waals surface area contributed by atoms with Crippen LogP contribution in [0.4, 0.5) is 10.1 Å². The van der Waals surface area contributed by atoms with Gasteiger partial charge in [0.25, 0.3) is 5.91 Å². The van der Waals surface area contributed by atoms with Gasteiger partial charge >= 0.3 is 0 Å². The highest BCUT2D eigenvalue weighted by atomic mass is 32.2. The molecular formula is C18H20FN5O2S. The molecule has 1 aliphatic rings. The topological polar surface area (TPSA) is 111 Å². The maximum atomic E-state index is 13.5. The molecule has 9 heteroatoms. The molecule has 142 valence electrons. The van der Waals surface area contributed by atoms with E-state index in [-0.39, 0.29) is 17.3 Å². The van der Waals surface area contributed by atoms with Gasteiger partial charge in [-0.2, -0.15) is 5.26 Å². The molecule has 0 fully saturated rings. The number of halogens is 1. The van der Waals surface area contributed by atoms with Gasteiger partial charge in [0.15, 0.2) is 0 Å². The first-order valence-electron chi connectivity index (χ1n) is 8.52. The lowest BCUT2D eigenvalue weighted by atomic mass is 10.0. The van der Waals surface area contributed by atoms with Crippen LogP contribution in [0.5, 0.6) is 0 Å². The number of fused-ring (bicyclic) bond motifs is 1. The Bertz CT molecular complexity index is 1050. The van der Waals surface area contributed by atoms with Crippen molar-refractivity contribution >= 4 is 21.5 Å². The summed E-state index contributed by atoms with van der Waals surface area (Å²) < 4.78 is 38.9. The van der Waals surface area contributed by atoms with Gasteiger partial charge in [0.2, 0.25) is 0 Å². The van der Waals surface area contributed by atoms with Gasteiger partial charge in [-0.05, 0) is 37.5 Å². The van der Waals surface area contributed by atoms with Gasteiger partial charge in [-0.25, -0.2) is 18.1 Å². The monoisotopic (exact) mass is 389 g/mol. The van der Waals surface area contributed by atoms with E-state index in [1.807, 2.05) is 6.92 Å². The zero-order valence-electron chi connectivity index (χ0n) is 15.0. The molecule has 1 amide bonds.